The molecule has 0 saturated carbocycles. The zero-order chi connectivity index (χ0) is 16.7. The van der Waals surface area contributed by atoms with Crippen molar-refractivity contribution in [2.24, 2.45) is 0 Å². The molecule has 2 aromatic carbocycles. The van der Waals surface area contributed by atoms with Gasteiger partial charge in [0.1, 0.15) is 0 Å². The molecule has 0 aliphatic heterocycles. The largest absolute Gasteiger partial charge is 0.388 e. The first-order valence-electron chi connectivity index (χ1n) is 7.87. The van der Waals surface area contributed by atoms with Crippen LogP contribution in [0.5, 0.6) is 0 Å². The molecule has 23 heavy (non-hydrogen) atoms. The Labute approximate surface area is 137 Å². The summed E-state index contributed by atoms with van der Waals surface area (Å²) >= 11 is 0. The van der Waals surface area contributed by atoms with Gasteiger partial charge in [-0.05, 0) is 31.4 Å². The Hall–Kier alpha value is -2.33. The van der Waals surface area contributed by atoms with Crippen LogP contribution < -0.4 is 10.6 Å². The molecule has 0 fully saturated rings. The molecule has 0 aliphatic rings. The molecule has 3 N–H and O–H groups in total. The first kappa shape index (κ1) is 17.0. The molecule has 4 heteroatoms. The molecule has 4 nitrogen and oxygen atoms in total. The third kappa shape index (κ3) is 5.75. The fourth-order valence-corrected chi connectivity index (χ4v) is 2.48. The van der Waals surface area contributed by atoms with E-state index in [1.807, 2.05) is 68.4 Å². The Bertz CT molecular complexity index is 628. The molecule has 0 spiro atoms. The van der Waals surface area contributed by atoms with Gasteiger partial charge in [-0.15, -0.1) is 0 Å². The van der Waals surface area contributed by atoms with E-state index in [2.05, 4.69) is 10.6 Å². The maximum atomic E-state index is 11.9. The Morgan fingerprint density at radius 3 is 2.57 bits per heavy atom. The fourth-order valence-electron chi connectivity index (χ4n) is 2.48. The summed E-state index contributed by atoms with van der Waals surface area (Å²) < 4.78 is 0. The SMILES string of the molecule is Cc1cccc(CNC(=O)NC(C)CC(O)c2ccccc2)c1. The van der Waals surface area contributed by atoms with Gasteiger partial charge < -0.3 is 15.7 Å². The summed E-state index contributed by atoms with van der Waals surface area (Å²) in [5.74, 6) is 0. The van der Waals surface area contributed by atoms with Crippen molar-refractivity contribution in [3.05, 3.63) is 71.3 Å². The highest BCUT2D eigenvalue weighted by atomic mass is 16.3. The van der Waals surface area contributed by atoms with Crippen molar-refractivity contribution in [2.75, 3.05) is 0 Å². The standard InChI is InChI=1S/C19H24N2O2/c1-14-7-6-8-16(11-14)13-20-19(23)21-15(2)12-18(22)17-9-4-3-5-10-17/h3-11,15,18,22H,12-13H2,1-2H3,(H2,20,21,23). The molecule has 2 atom stereocenters. The normalized spacial score (nSPS) is 13.2. The molecular weight excluding hydrogens is 288 g/mol. The molecule has 2 unspecified atom stereocenters. The van der Waals surface area contributed by atoms with E-state index < -0.39 is 6.10 Å². The molecule has 2 amide bonds. The lowest BCUT2D eigenvalue weighted by Crippen LogP contribution is -2.41. The van der Waals surface area contributed by atoms with Crippen LogP contribution in [0.4, 0.5) is 4.79 Å². The molecule has 0 bridgehead atoms. The third-order valence-corrected chi connectivity index (χ3v) is 3.67. The minimum Gasteiger partial charge on any atom is -0.388 e. The summed E-state index contributed by atoms with van der Waals surface area (Å²) in [6.07, 6.45) is -0.106. The van der Waals surface area contributed by atoms with Crippen molar-refractivity contribution < 1.29 is 9.90 Å². The molecule has 2 aromatic rings. The highest BCUT2D eigenvalue weighted by molar-refractivity contribution is 5.74. The van der Waals surface area contributed by atoms with E-state index in [-0.39, 0.29) is 12.1 Å². The Kier molecular flexibility index (Phi) is 6.18. The predicted octanol–water partition coefficient (Wildman–Crippen LogP) is 3.31. The van der Waals surface area contributed by atoms with Crippen molar-refractivity contribution in [3.63, 3.8) is 0 Å². The van der Waals surface area contributed by atoms with Crippen LogP contribution >= 0.6 is 0 Å². The van der Waals surface area contributed by atoms with Crippen LogP contribution in [0.3, 0.4) is 0 Å². The van der Waals surface area contributed by atoms with E-state index in [1.54, 1.807) is 0 Å². The number of aliphatic hydroxyl groups is 1. The summed E-state index contributed by atoms with van der Waals surface area (Å²) in [6.45, 7) is 4.40. The number of urea groups is 1. The van der Waals surface area contributed by atoms with Gasteiger partial charge >= 0.3 is 6.03 Å². The van der Waals surface area contributed by atoms with Crippen LogP contribution in [-0.4, -0.2) is 17.2 Å². The van der Waals surface area contributed by atoms with Crippen molar-refractivity contribution in [1.82, 2.24) is 10.6 Å². The Morgan fingerprint density at radius 2 is 1.87 bits per heavy atom. The lowest BCUT2D eigenvalue weighted by Gasteiger charge is -2.18. The lowest BCUT2D eigenvalue weighted by molar-refractivity contribution is 0.154. The molecule has 0 saturated heterocycles. The van der Waals surface area contributed by atoms with Gasteiger partial charge in [-0.25, -0.2) is 4.79 Å². The summed E-state index contributed by atoms with van der Waals surface area (Å²) in [5.41, 5.74) is 3.10. The van der Waals surface area contributed by atoms with Crippen molar-refractivity contribution in [2.45, 2.75) is 39.0 Å². The molecule has 2 rings (SSSR count). The number of hydrogen-bond donors (Lipinski definition) is 3. The number of carbonyl (C=O) groups excluding carboxylic acids is 1. The van der Waals surface area contributed by atoms with E-state index >= 15 is 0 Å². The zero-order valence-corrected chi connectivity index (χ0v) is 13.6. The monoisotopic (exact) mass is 312 g/mol. The number of amides is 2. The second kappa shape index (κ2) is 8.34. The molecule has 0 aromatic heterocycles. The lowest BCUT2D eigenvalue weighted by atomic mass is 10.0. The van der Waals surface area contributed by atoms with Crippen LogP contribution in [0.2, 0.25) is 0 Å². The molecule has 0 heterocycles. The number of aryl methyl sites for hydroxylation is 1. The van der Waals surface area contributed by atoms with Gasteiger partial charge in [0.15, 0.2) is 0 Å². The van der Waals surface area contributed by atoms with Crippen LogP contribution in [0.25, 0.3) is 0 Å². The number of aliphatic hydroxyl groups excluding tert-OH is 1. The summed E-state index contributed by atoms with van der Waals surface area (Å²) in [7, 11) is 0. The van der Waals surface area contributed by atoms with Crippen molar-refractivity contribution in [1.29, 1.82) is 0 Å². The number of rotatable bonds is 6. The maximum absolute atomic E-state index is 11.9. The average molecular weight is 312 g/mol. The number of benzene rings is 2. The van der Waals surface area contributed by atoms with Crippen LogP contribution in [0.15, 0.2) is 54.6 Å². The van der Waals surface area contributed by atoms with Gasteiger partial charge in [0.2, 0.25) is 0 Å². The first-order chi connectivity index (χ1) is 11.0. The number of carbonyl (C=O) groups is 1. The van der Waals surface area contributed by atoms with Crippen LogP contribution in [0, 0.1) is 6.92 Å². The second-order valence-corrected chi connectivity index (χ2v) is 5.88. The average Bonchev–Trinajstić information content (AvgIpc) is 2.53. The second-order valence-electron chi connectivity index (χ2n) is 5.88. The minimum atomic E-state index is -0.580. The summed E-state index contributed by atoms with van der Waals surface area (Å²) in [4.78, 5) is 11.9. The number of nitrogens with one attached hydrogen (secondary N) is 2. The smallest absolute Gasteiger partial charge is 0.315 e. The fraction of sp³-hybridized carbons (Fsp3) is 0.316. The zero-order valence-electron chi connectivity index (χ0n) is 13.6. The minimum absolute atomic E-state index is 0.122. The van der Waals surface area contributed by atoms with Crippen molar-refractivity contribution >= 4 is 6.03 Å². The van der Waals surface area contributed by atoms with Gasteiger partial charge in [0.05, 0.1) is 6.10 Å². The van der Waals surface area contributed by atoms with E-state index in [0.717, 1.165) is 11.1 Å². The van der Waals surface area contributed by atoms with E-state index in [4.69, 9.17) is 0 Å². The third-order valence-electron chi connectivity index (χ3n) is 3.67. The number of hydrogen-bond acceptors (Lipinski definition) is 2. The first-order valence-corrected chi connectivity index (χ1v) is 7.87. The highest BCUT2D eigenvalue weighted by Crippen LogP contribution is 2.17. The summed E-state index contributed by atoms with van der Waals surface area (Å²) in [5, 5.41) is 15.9. The molecule has 0 aliphatic carbocycles. The molecule has 122 valence electrons. The predicted molar refractivity (Wildman–Crippen MR) is 92.0 cm³/mol. The Morgan fingerprint density at radius 1 is 1.13 bits per heavy atom. The van der Waals surface area contributed by atoms with Gasteiger partial charge in [0, 0.05) is 12.6 Å². The topological polar surface area (TPSA) is 61.4 Å². The van der Waals surface area contributed by atoms with Crippen molar-refractivity contribution in [3.8, 4) is 0 Å². The highest BCUT2D eigenvalue weighted by Gasteiger charge is 2.14. The quantitative estimate of drug-likeness (QED) is 0.766. The van der Waals surface area contributed by atoms with Gasteiger partial charge in [-0.1, -0.05) is 60.2 Å². The van der Waals surface area contributed by atoms with Gasteiger partial charge in [-0.2, -0.15) is 0 Å². The van der Waals surface area contributed by atoms with Gasteiger partial charge in [-0.3, -0.25) is 0 Å². The van der Waals surface area contributed by atoms with E-state index in [9.17, 15) is 9.90 Å². The Balaban J connectivity index is 1.76. The van der Waals surface area contributed by atoms with E-state index in [0.29, 0.717) is 13.0 Å². The molecular formula is C19H24N2O2. The van der Waals surface area contributed by atoms with Crippen LogP contribution in [0.1, 0.15) is 36.1 Å². The summed E-state index contributed by atoms with van der Waals surface area (Å²) in [6, 6.07) is 17.2. The van der Waals surface area contributed by atoms with Gasteiger partial charge in [0.25, 0.3) is 0 Å². The van der Waals surface area contributed by atoms with Crippen LogP contribution in [-0.2, 0) is 6.54 Å². The maximum Gasteiger partial charge on any atom is 0.315 e. The van der Waals surface area contributed by atoms with E-state index in [1.165, 1.54) is 5.56 Å². The molecule has 0 radical (unpaired) electrons.